The minimum atomic E-state index is -1.36. The van der Waals surface area contributed by atoms with E-state index in [4.69, 9.17) is 4.74 Å². The number of rotatable bonds is 5. The average molecular weight is 508 g/mol. The summed E-state index contributed by atoms with van der Waals surface area (Å²) in [4.78, 5) is 22.5. The highest BCUT2D eigenvalue weighted by Gasteiger charge is 2.57. The minimum Gasteiger partial charge on any atom is -0.394 e. The fourth-order valence-electron chi connectivity index (χ4n) is 4.82. The Morgan fingerprint density at radius 3 is 2.56 bits per heavy atom. The summed E-state index contributed by atoms with van der Waals surface area (Å²) in [6.45, 7) is 1.53. The number of ether oxygens (including phenoxy) is 1. The van der Waals surface area contributed by atoms with Gasteiger partial charge in [0.15, 0.2) is 11.2 Å². The largest absolute Gasteiger partial charge is 0.394 e. The first-order chi connectivity index (χ1) is 17.4. The molecule has 0 bridgehead atoms. The SMILES string of the molecule is Cc1ccc(SC2(c3ccccc3)Nc3c([nH]c4nccn4c3=O)N2[C@@H]2O[C@H](CO)[C@@H](O)[C@H]2O)cc1. The number of benzene rings is 2. The maximum absolute atomic E-state index is 13.5. The number of nitrogens with one attached hydrogen (secondary N) is 2. The lowest BCUT2D eigenvalue weighted by Crippen LogP contribution is -2.55. The molecule has 2 aromatic carbocycles. The standard InChI is InChI=1S/C25H25N5O5S/c1-14-7-9-16(10-8-14)36-25(15-5-3-2-4-6-15)28-18-21(27-24-26-11-12-29(24)22(18)34)30(25)23-20(33)19(32)17(13-31)35-23/h2-12,17,19-20,23,28,31-33H,13H2,1H3,(H,26,27)/t17-,19-,20-,23-,25?/m1/s1. The number of aryl methyl sites for hydroxylation is 1. The molecule has 5 N–H and O–H groups in total. The number of aromatic nitrogens is 3. The summed E-state index contributed by atoms with van der Waals surface area (Å²) < 4.78 is 7.42. The summed E-state index contributed by atoms with van der Waals surface area (Å²) in [5.74, 6) is 0.679. The van der Waals surface area contributed by atoms with Gasteiger partial charge in [0.2, 0.25) is 5.78 Å². The fourth-order valence-corrected chi connectivity index (χ4v) is 6.13. The lowest BCUT2D eigenvalue weighted by molar-refractivity contribution is -0.0248. The number of imidazole rings is 1. The predicted molar refractivity (Wildman–Crippen MR) is 135 cm³/mol. The van der Waals surface area contributed by atoms with Crippen molar-refractivity contribution in [3.8, 4) is 0 Å². The maximum atomic E-state index is 13.5. The minimum absolute atomic E-state index is 0.265. The van der Waals surface area contributed by atoms with E-state index < -0.39 is 36.1 Å². The monoisotopic (exact) mass is 507 g/mol. The summed E-state index contributed by atoms with van der Waals surface area (Å²) in [7, 11) is 0. The van der Waals surface area contributed by atoms with Crippen LogP contribution in [0.25, 0.3) is 5.78 Å². The lowest BCUT2D eigenvalue weighted by atomic mass is 10.1. The van der Waals surface area contributed by atoms with Crippen LogP contribution in [0.2, 0.25) is 0 Å². The first-order valence-electron chi connectivity index (χ1n) is 11.5. The first kappa shape index (κ1) is 23.1. The Morgan fingerprint density at radius 1 is 1.11 bits per heavy atom. The van der Waals surface area contributed by atoms with E-state index in [1.54, 1.807) is 11.1 Å². The molecule has 2 aromatic heterocycles. The van der Waals surface area contributed by atoms with E-state index in [1.165, 1.54) is 22.4 Å². The average Bonchev–Trinajstić information content (AvgIpc) is 3.57. The second kappa shape index (κ2) is 8.64. The number of hydrogen-bond donors (Lipinski definition) is 5. The third-order valence-electron chi connectivity index (χ3n) is 6.64. The van der Waals surface area contributed by atoms with Crippen molar-refractivity contribution >= 4 is 29.0 Å². The lowest BCUT2D eigenvalue weighted by Gasteiger charge is -2.43. The molecule has 0 spiro atoms. The molecule has 1 fully saturated rings. The zero-order valence-corrected chi connectivity index (χ0v) is 20.1. The Kier molecular flexibility index (Phi) is 5.54. The topological polar surface area (TPSA) is 135 Å². The molecule has 186 valence electrons. The molecule has 6 rings (SSSR count). The van der Waals surface area contributed by atoms with Gasteiger partial charge in [-0.2, -0.15) is 0 Å². The highest BCUT2D eigenvalue weighted by atomic mass is 32.2. The van der Waals surface area contributed by atoms with E-state index >= 15 is 0 Å². The van der Waals surface area contributed by atoms with Crippen molar-refractivity contribution in [1.82, 2.24) is 14.4 Å². The second-order valence-electron chi connectivity index (χ2n) is 8.92. The zero-order valence-electron chi connectivity index (χ0n) is 19.3. The van der Waals surface area contributed by atoms with Gasteiger partial charge in [0.05, 0.1) is 6.61 Å². The summed E-state index contributed by atoms with van der Waals surface area (Å²) in [5, 5.41) is 34.9. The first-order valence-corrected chi connectivity index (χ1v) is 12.3. The van der Waals surface area contributed by atoms with Gasteiger partial charge in [-0.05, 0) is 19.1 Å². The van der Waals surface area contributed by atoms with Crippen LogP contribution in [-0.4, -0.2) is 60.8 Å². The van der Waals surface area contributed by atoms with Crippen LogP contribution in [0.5, 0.6) is 0 Å². The van der Waals surface area contributed by atoms with Crippen molar-refractivity contribution in [3.05, 3.63) is 88.5 Å². The van der Waals surface area contributed by atoms with Gasteiger partial charge in [0, 0.05) is 22.9 Å². The number of H-pyrrole nitrogens is 1. The smallest absolute Gasteiger partial charge is 0.284 e. The molecule has 0 aliphatic carbocycles. The molecular weight excluding hydrogens is 482 g/mol. The Bertz CT molecular complexity index is 1460. The molecule has 4 heterocycles. The van der Waals surface area contributed by atoms with Gasteiger partial charge in [0.25, 0.3) is 5.56 Å². The number of anilines is 2. The molecule has 36 heavy (non-hydrogen) atoms. The van der Waals surface area contributed by atoms with Gasteiger partial charge < -0.3 is 30.4 Å². The molecule has 0 radical (unpaired) electrons. The zero-order chi connectivity index (χ0) is 25.0. The molecule has 2 aliphatic rings. The number of aliphatic hydroxyl groups is 3. The van der Waals surface area contributed by atoms with Crippen molar-refractivity contribution in [2.45, 2.75) is 41.4 Å². The van der Waals surface area contributed by atoms with Gasteiger partial charge in [-0.15, -0.1) is 0 Å². The summed E-state index contributed by atoms with van der Waals surface area (Å²) in [6, 6.07) is 17.5. The maximum Gasteiger partial charge on any atom is 0.284 e. The quantitative estimate of drug-likeness (QED) is 0.273. The van der Waals surface area contributed by atoms with Gasteiger partial charge in [-0.25, -0.2) is 4.98 Å². The molecule has 5 atom stereocenters. The van der Waals surface area contributed by atoms with Gasteiger partial charge in [-0.1, -0.05) is 59.8 Å². The van der Waals surface area contributed by atoms with Crippen LogP contribution < -0.4 is 15.8 Å². The van der Waals surface area contributed by atoms with Crippen molar-refractivity contribution < 1.29 is 20.1 Å². The molecule has 0 amide bonds. The van der Waals surface area contributed by atoms with E-state index in [2.05, 4.69) is 15.3 Å². The number of thioether (sulfide) groups is 1. The van der Waals surface area contributed by atoms with Gasteiger partial charge in [0.1, 0.15) is 29.8 Å². The number of nitrogens with zero attached hydrogens (tertiary/aromatic N) is 3. The molecule has 10 nitrogen and oxygen atoms in total. The van der Waals surface area contributed by atoms with E-state index in [1.807, 2.05) is 61.5 Å². The third kappa shape index (κ3) is 3.43. The van der Waals surface area contributed by atoms with Crippen LogP contribution in [0.3, 0.4) is 0 Å². The van der Waals surface area contributed by atoms with Crippen LogP contribution in [0.4, 0.5) is 11.5 Å². The predicted octanol–water partition coefficient (Wildman–Crippen LogP) is 1.60. The van der Waals surface area contributed by atoms with E-state index in [9.17, 15) is 20.1 Å². The van der Waals surface area contributed by atoms with Gasteiger partial charge in [-0.3, -0.25) is 14.1 Å². The Balaban J connectivity index is 1.60. The van der Waals surface area contributed by atoms with E-state index in [0.717, 1.165) is 16.0 Å². The van der Waals surface area contributed by atoms with Crippen molar-refractivity contribution in [2.75, 3.05) is 16.8 Å². The van der Waals surface area contributed by atoms with Gasteiger partial charge >= 0.3 is 0 Å². The normalized spacial score (nSPS) is 27.4. The van der Waals surface area contributed by atoms with Crippen LogP contribution in [0.15, 0.2) is 76.7 Å². The molecule has 1 saturated heterocycles. The molecule has 4 aromatic rings. The van der Waals surface area contributed by atoms with Crippen LogP contribution in [0.1, 0.15) is 11.1 Å². The van der Waals surface area contributed by atoms with Crippen LogP contribution in [0, 0.1) is 6.92 Å². The van der Waals surface area contributed by atoms with Crippen molar-refractivity contribution in [1.29, 1.82) is 0 Å². The van der Waals surface area contributed by atoms with Crippen molar-refractivity contribution in [2.24, 2.45) is 0 Å². The van der Waals surface area contributed by atoms with Crippen molar-refractivity contribution in [3.63, 3.8) is 0 Å². The molecule has 2 aliphatic heterocycles. The third-order valence-corrected chi connectivity index (χ3v) is 7.98. The highest BCUT2D eigenvalue weighted by molar-refractivity contribution is 8.00. The number of aliphatic hydroxyl groups excluding tert-OH is 3. The van der Waals surface area contributed by atoms with Crippen LogP contribution in [-0.2, 0) is 9.73 Å². The molecule has 11 heteroatoms. The highest BCUT2D eigenvalue weighted by Crippen LogP contribution is 2.54. The van der Waals surface area contributed by atoms with Crippen LogP contribution >= 0.6 is 11.8 Å². The van der Waals surface area contributed by atoms with E-state index in [-0.39, 0.29) is 11.2 Å². The number of hydrogen-bond acceptors (Lipinski definition) is 9. The fraction of sp³-hybridized carbons (Fsp3) is 0.280. The summed E-state index contributed by atoms with van der Waals surface area (Å²) in [6.07, 6.45) is -1.68. The molecular formula is C25H25N5O5S. The Morgan fingerprint density at radius 2 is 1.86 bits per heavy atom. The Hall–Kier alpha value is -3.35. The summed E-state index contributed by atoms with van der Waals surface area (Å²) >= 11 is 1.43. The van der Waals surface area contributed by atoms with E-state index in [0.29, 0.717) is 11.6 Å². The number of aromatic amines is 1. The molecule has 1 unspecified atom stereocenters. The second-order valence-corrected chi connectivity index (χ2v) is 10.2. The summed E-state index contributed by atoms with van der Waals surface area (Å²) in [5.41, 5.74) is 1.83. The number of fused-ring (bicyclic) bond motifs is 2. The Labute approximate surface area is 210 Å². The molecule has 0 saturated carbocycles.